The predicted octanol–water partition coefficient (Wildman–Crippen LogP) is 0.501. The molecule has 2 heteroatoms. The van der Waals surface area contributed by atoms with Crippen molar-refractivity contribution >= 4 is 17.1 Å². The number of hydrogen-bond donors (Lipinski definition) is 0. The highest BCUT2D eigenvalue weighted by Crippen LogP contribution is 1.74. The van der Waals surface area contributed by atoms with Crippen LogP contribution < -0.4 is 0 Å². The maximum atomic E-state index is 4.83. The van der Waals surface area contributed by atoms with Gasteiger partial charge in [0.05, 0.1) is 0 Å². The summed E-state index contributed by atoms with van der Waals surface area (Å²) in [5.41, 5.74) is 0. The van der Waals surface area contributed by atoms with Crippen LogP contribution in [0.2, 0.25) is 0 Å². The molecule has 0 heterocycles. The van der Waals surface area contributed by atoms with Gasteiger partial charge in [-0.3, -0.25) is 0 Å². The highest BCUT2D eigenvalue weighted by atomic mass is 31.0. The van der Waals surface area contributed by atoms with Crippen molar-refractivity contribution in [3.63, 3.8) is 0 Å². The molecule has 2 radical (unpaired) electrons. The minimum absolute atomic E-state index is 1.46. The molecule has 0 bridgehead atoms. The van der Waals surface area contributed by atoms with E-state index in [0.29, 0.717) is 0 Å². The topological polar surface area (TPSA) is 0 Å². The van der Waals surface area contributed by atoms with Gasteiger partial charge in [0.15, 0.2) is 0 Å². The van der Waals surface area contributed by atoms with E-state index in [-0.39, 0.29) is 0 Å². The average Bonchev–Trinajstić information content (AvgIpc) is 1.37. The first kappa shape index (κ1) is 4.23. The summed E-state index contributed by atoms with van der Waals surface area (Å²) in [5.74, 6) is 3.16. The second-order valence-electron chi connectivity index (χ2n) is 0.385. The van der Waals surface area contributed by atoms with Gasteiger partial charge in [0.1, 0.15) is 7.85 Å². The molecule has 0 aliphatic carbocycles. The van der Waals surface area contributed by atoms with Crippen molar-refractivity contribution in [2.24, 2.45) is 0 Å². The first-order valence-corrected chi connectivity index (χ1v) is 1.67. The third-order valence-electron chi connectivity index (χ3n) is 0.111. The van der Waals surface area contributed by atoms with Crippen molar-refractivity contribution in [2.45, 2.75) is 0 Å². The first-order chi connectivity index (χ1) is 1.91. The summed E-state index contributed by atoms with van der Waals surface area (Å²) >= 11 is 0. The molecule has 0 aliphatic rings. The van der Waals surface area contributed by atoms with E-state index in [4.69, 9.17) is 7.85 Å². The van der Waals surface area contributed by atoms with Crippen molar-refractivity contribution in [2.75, 3.05) is 0 Å². The van der Waals surface area contributed by atoms with Crippen LogP contribution in [0.4, 0.5) is 0 Å². The van der Waals surface area contributed by atoms with Crippen molar-refractivity contribution in [1.82, 2.24) is 0 Å². The van der Waals surface area contributed by atoms with E-state index in [9.17, 15) is 0 Å². The smallest absolute Gasteiger partial charge is 0.102 e. The Balaban J connectivity index is 2.55. The van der Waals surface area contributed by atoms with Crippen molar-refractivity contribution < 1.29 is 0 Å². The van der Waals surface area contributed by atoms with Crippen LogP contribution in [0.3, 0.4) is 0 Å². The van der Waals surface area contributed by atoms with Gasteiger partial charge in [0, 0.05) is 0 Å². The predicted molar refractivity (Wildman–Crippen MR) is 24.6 cm³/mol. The first-order valence-electron chi connectivity index (χ1n) is 1.00. The standard InChI is InChI=1S/C2H4BP/c3-1-2-4/h1-2H,4H2. The maximum absolute atomic E-state index is 4.83. The third-order valence-corrected chi connectivity index (χ3v) is 0.333. The molecule has 0 amide bonds. The van der Waals surface area contributed by atoms with Gasteiger partial charge in [-0.1, -0.05) is 5.82 Å². The van der Waals surface area contributed by atoms with Crippen LogP contribution in [0.5, 0.6) is 0 Å². The molecule has 4 heavy (non-hydrogen) atoms. The summed E-state index contributed by atoms with van der Waals surface area (Å²) in [6.45, 7) is 0. The Hall–Kier alpha value is 0.235. The van der Waals surface area contributed by atoms with Crippen LogP contribution in [-0.4, -0.2) is 7.85 Å². The lowest BCUT2D eigenvalue weighted by atomic mass is 10.2. The lowest BCUT2D eigenvalue weighted by Gasteiger charge is -1.49. The summed E-state index contributed by atoms with van der Waals surface area (Å²) in [6, 6.07) is 0. The lowest BCUT2D eigenvalue weighted by molar-refractivity contribution is 2.54. The molecule has 0 fully saturated rings. The Bertz CT molecular complexity index is 21.2. The molecule has 0 aliphatic heterocycles. The van der Waals surface area contributed by atoms with Crippen LogP contribution in [0, 0.1) is 0 Å². The number of rotatable bonds is 0. The van der Waals surface area contributed by atoms with Crippen LogP contribution in [0.15, 0.2) is 11.8 Å². The van der Waals surface area contributed by atoms with E-state index >= 15 is 0 Å². The van der Waals surface area contributed by atoms with Gasteiger partial charge in [-0.2, -0.15) is 0 Å². The second kappa shape index (κ2) is 3.23. The SMILES string of the molecule is [B]C=CP. The Kier molecular flexibility index (Phi) is 3.42. The molecule has 0 aromatic rings. The average molecular weight is 69.8 g/mol. The van der Waals surface area contributed by atoms with E-state index in [1.165, 1.54) is 5.98 Å². The molecule has 20 valence electrons. The summed E-state index contributed by atoms with van der Waals surface area (Å²) in [6.07, 6.45) is 0. The van der Waals surface area contributed by atoms with E-state index in [1.807, 2.05) is 0 Å². The Morgan fingerprint density at radius 1 is 1.75 bits per heavy atom. The summed E-state index contributed by atoms with van der Waals surface area (Å²) in [4.78, 5) is 0. The van der Waals surface area contributed by atoms with Gasteiger partial charge in [-0.25, -0.2) is 0 Å². The van der Waals surface area contributed by atoms with Crippen molar-refractivity contribution in [3.8, 4) is 0 Å². The highest BCUT2D eigenvalue weighted by molar-refractivity contribution is 7.20. The van der Waals surface area contributed by atoms with Gasteiger partial charge in [-0.05, 0) is 0 Å². The largest absolute Gasteiger partial charge is 0.132 e. The summed E-state index contributed by atoms with van der Waals surface area (Å²) in [7, 11) is 7.18. The molecule has 0 saturated carbocycles. The monoisotopic (exact) mass is 70.0 g/mol. The van der Waals surface area contributed by atoms with Crippen LogP contribution in [0.25, 0.3) is 0 Å². The molecule has 1 unspecified atom stereocenters. The zero-order valence-electron chi connectivity index (χ0n) is 2.31. The normalized spacial score (nSPS) is 9.25. The molecule has 0 rings (SSSR count). The minimum atomic E-state index is 1.46. The molecule has 0 saturated heterocycles. The molecular formula is C2H4BP. The molecule has 0 aromatic carbocycles. The Morgan fingerprint density at radius 3 is 2.00 bits per heavy atom. The lowest BCUT2D eigenvalue weighted by Crippen LogP contribution is -1.35. The minimum Gasteiger partial charge on any atom is -0.132 e. The molecular weight excluding hydrogens is 65.8 g/mol. The van der Waals surface area contributed by atoms with E-state index in [0.717, 1.165) is 0 Å². The fraction of sp³-hybridized carbons (Fsp3) is 0. The van der Waals surface area contributed by atoms with E-state index in [2.05, 4.69) is 9.24 Å². The van der Waals surface area contributed by atoms with Gasteiger partial charge in [0.2, 0.25) is 0 Å². The fourth-order valence-corrected chi connectivity index (χ4v) is 0. The van der Waals surface area contributed by atoms with Crippen LogP contribution in [0.1, 0.15) is 0 Å². The van der Waals surface area contributed by atoms with Crippen molar-refractivity contribution in [1.29, 1.82) is 0 Å². The van der Waals surface area contributed by atoms with Gasteiger partial charge >= 0.3 is 0 Å². The molecule has 0 N–H and O–H groups in total. The fourth-order valence-electron chi connectivity index (χ4n) is 0. The van der Waals surface area contributed by atoms with Gasteiger partial charge in [-0.15, -0.1) is 15.2 Å². The van der Waals surface area contributed by atoms with Gasteiger partial charge in [0.25, 0.3) is 0 Å². The zero-order chi connectivity index (χ0) is 3.41. The molecule has 0 spiro atoms. The highest BCUT2D eigenvalue weighted by Gasteiger charge is 1.35. The third kappa shape index (κ3) is 2.23. The van der Waals surface area contributed by atoms with Crippen molar-refractivity contribution in [3.05, 3.63) is 11.8 Å². The summed E-state index contributed by atoms with van der Waals surface area (Å²) < 4.78 is 0. The zero-order valence-corrected chi connectivity index (χ0v) is 3.46. The van der Waals surface area contributed by atoms with Crippen LogP contribution in [-0.2, 0) is 0 Å². The van der Waals surface area contributed by atoms with Gasteiger partial charge < -0.3 is 0 Å². The van der Waals surface area contributed by atoms with E-state index < -0.39 is 0 Å². The Labute approximate surface area is 29.9 Å². The van der Waals surface area contributed by atoms with E-state index in [1.54, 1.807) is 5.82 Å². The maximum Gasteiger partial charge on any atom is 0.102 e. The summed E-state index contributed by atoms with van der Waals surface area (Å²) in [5, 5.41) is 0. The van der Waals surface area contributed by atoms with Crippen LogP contribution >= 0.6 is 9.24 Å². The second-order valence-corrected chi connectivity index (χ2v) is 0.770. The number of hydrogen-bond acceptors (Lipinski definition) is 0. The Morgan fingerprint density at radius 2 is 2.00 bits per heavy atom. The molecule has 0 nitrogen and oxygen atoms in total. The quantitative estimate of drug-likeness (QED) is 0.287. The molecule has 0 aromatic heterocycles. The molecule has 1 atom stereocenters.